The SMILES string of the molecule is C=N/C=N\C=C(/C)C=O. The van der Waals surface area contributed by atoms with E-state index in [0.29, 0.717) is 5.57 Å². The molecule has 0 aromatic rings. The third-order valence-corrected chi connectivity index (χ3v) is 0.612. The van der Waals surface area contributed by atoms with Gasteiger partial charge in [0, 0.05) is 11.8 Å². The predicted molar refractivity (Wildman–Crippen MR) is 37.9 cm³/mol. The lowest BCUT2D eigenvalue weighted by Crippen LogP contribution is -1.72. The van der Waals surface area contributed by atoms with Gasteiger partial charge < -0.3 is 0 Å². The van der Waals surface area contributed by atoms with Crippen LogP contribution in [0.4, 0.5) is 0 Å². The number of aldehydes is 1. The summed E-state index contributed by atoms with van der Waals surface area (Å²) in [6.07, 6.45) is 3.41. The molecule has 0 unspecified atom stereocenters. The van der Waals surface area contributed by atoms with Crippen molar-refractivity contribution < 1.29 is 4.79 Å². The number of carbonyl (C=O) groups is 1. The average molecular weight is 124 g/mol. The van der Waals surface area contributed by atoms with Crippen molar-refractivity contribution in [3.05, 3.63) is 11.8 Å². The van der Waals surface area contributed by atoms with Crippen molar-refractivity contribution in [3.63, 3.8) is 0 Å². The van der Waals surface area contributed by atoms with E-state index in [2.05, 4.69) is 16.7 Å². The van der Waals surface area contributed by atoms with Crippen molar-refractivity contribution in [2.45, 2.75) is 6.92 Å². The highest BCUT2D eigenvalue weighted by molar-refractivity contribution is 5.72. The topological polar surface area (TPSA) is 41.8 Å². The van der Waals surface area contributed by atoms with Crippen LogP contribution in [-0.2, 0) is 4.79 Å². The second-order valence-electron chi connectivity index (χ2n) is 1.44. The Bertz CT molecular complexity index is 158. The van der Waals surface area contributed by atoms with Gasteiger partial charge >= 0.3 is 0 Å². The van der Waals surface area contributed by atoms with E-state index in [1.54, 1.807) is 6.92 Å². The van der Waals surface area contributed by atoms with Gasteiger partial charge in [-0.1, -0.05) is 0 Å². The Balaban J connectivity index is 3.81. The highest BCUT2D eigenvalue weighted by atomic mass is 16.1. The van der Waals surface area contributed by atoms with Gasteiger partial charge in [-0.15, -0.1) is 0 Å². The van der Waals surface area contributed by atoms with Gasteiger partial charge in [0.15, 0.2) is 0 Å². The van der Waals surface area contributed by atoms with Gasteiger partial charge in [0.1, 0.15) is 12.6 Å². The second kappa shape index (κ2) is 4.90. The molecule has 0 saturated carbocycles. The quantitative estimate of drug-likeness (QED) is 0.237. The molecule has 3 nitrogen and oxygen atoms in total. The van der Waals surface area contributed by atoms with E-state index in [9.17, 15) is 4.79 Å². The van der Waals surface area contributed by atoms with Gasteiger partial charge in [-0.2, -0.15) is 0 Å². The summed E-state index contributed by atoms with van der Waals surface area (Å²) in [5.41, 5.74) is 0.565. The van der Waals surface area contributed by atoms with E-state index in [0.717, 1.165) is 6.29 Å². The molecule has 0 saturated heterocycles. The van der Waals surface area contributed by atoms with Gasteiger partial charge in [0.25, 0.3) is 0 Å². The number of rotatable bonds is 3. The zero-order valence-corrected chi connectivity index (χ0v) is 5.24. The average Bonchev–Trinajstić information content (AvgIpc) is 1.89. The van der Waals surface area contributed by atoms with E-state index < -0.39 is 0 Å². The van der Waals surface area contributed by atoms with Crippen LogP contribution in [0.25, 0.3) is 0 Å². The normalized spacial score (nSPS) is 11.9. The van der Waals surface area contributed by atoms with Gasteiger partial charge in [-0.05, 0) is 13.6 Å². The molecule has 0 amide bonds. The molecule has 0 spiro atoms. The summed E-state index contributed by atoms with van der Waals surface area (Å²) in [7, 11) is 0. The molecule has 3 heteroatoms. The summed E-state index contributed by atoms with van der Waals surface area (Å²) in [4.78, 5) is 16.9. The highest BCUT2D eigenvalue weighted by Crippen LogP contribution is 1.84. The first-order chi connectivity index (χ1) is 4.31. The fourth-order valence-corrected chi connectivity index (χ4v) is 0.228. The fraction of sp³-hybridized carbons (Fsp3) is 0.167. The Labute approximate surface area is 53.8 Å². The fourth-order valence-electron chi connectivity index (χ4n) is 0.228. The molecule has 48 valence electrons. The molecular weight excluding hydrogens is 116 g/mol. The minimum Gasteiger partial charge on any atom is -0.298 e. The van der Waals surface area contributed by atoms with Gasteiger partial charge in [-0.25, -0.2) is 4.99 Å². The Morgan fingerprint density at radius 2 is 2.33 bits per heavy atom. The maximum absolute atomic E-state index is 9.91. The van der Waals surface area contributed by atoms with Gasteiger partial charge in [0.05, 0.1) is 0 Å². The number of nitrogens with zero attached hydrogens (tertiary/aromatic N) is 2. The smallest absolute Gasteiger partial charge is 0.147 e. The monoisotopic (exact) mass is 124 g/mol. The molecule has 0 bridgehead atoms. The minimum absolute atomic E-state index is 0.565. The highest BCUT2D eigenvalue weighted by Gasteiger charge is 1.76. The van der Waals surface area contributed by atoms with E-state index in [1.165, 1.54) is 12.5 Å². The lowest BCUT2D eigenvalue weighted by atomic mass is 10.4. The van der Waals surface area contributed by atoms with Crippen molar-refractivity contribution in [3.8, 4) is 0 Å². The van der Waals surface area contributed by atoms with E-state index in [-0.39, 0.29) is 0 Å². The van der Waals surface area contributed by atoms with E-state index in [4.69, 9.17) is 0 Å². The van der Waals surface area contributed by atoms with Crippen molar-refractivity contribution in [1.29, 1.82) is 0 Å². The van der Waals surface area contributed by atoms with Crippen molar-refractivity contribution in [2.75, 3.05) is 0 Å². The molecule has 0 aliphatic rings. The largest absolute Gasteiger partial charge is 0.298 e. The molecule has 0 atom stereocenters. The molecule has 9 heavy (non-hydrogen) atoms. The van der Waals surface area contributed by atoms with Crippen LogP contribution < -0.4 is 0 Å². The molecule has 0 aliphatic carbocycles. The number of hydrogen-bond donors (Lipinski definition) is 0. The number of allylic oxidation sites excluding steroid dienone is 1. The lowest BCUT2D eigenvalue weighted by Gasteiger charge is -1.77. The third kappa shape index (κ3) is 4.61. The van der Waals surface area contributed by atoms with Crippen LogP contribution in [0.2, 0.25) is 0 Å². The lowest BCUT2D eigenvalue weighted by molar-refractivity contribution is -0.104. The summed E-state index contributed by atoms with van der Waals surface area (Å²) in [6, 6.07) is 0. The molecule has 0 aromatic carbocycles. The first-order valence-electron chi connectivity index (χ1n) is 2.40. The summed E-state index contributed by atoms with van der Waals surface area (Å²) >= 11 is 0. The number of aliphatic imine (C=N–C) groups is 2. The number of hydrogen-bond acceptors (Lipinski definition) is 2. The maximum atomic E-state index is 9.91. The van der Waals surface area contributed by atoms with Gasteiger partial charge in [-0.3, -0.25) is 9.79 Å². The molecule has 0 fully saturated rings. The van der Waals surface area contributed by atoms with E-state index in [1.807, 2.05) is 0 Å². The molecule has 0 aromatic heterocycles. The Kier molecular flexibility index (Phi) is 4.22. The molecule has 0 N–H and O–H groups in total. The molecule has 0 aliphatic heterocycles. The Morgan fingerprint density at radius 3 is 2.78 bits per heavy atom. The van der Waals surface area contributed by atoms with Crippen molar-refractivity contribution >= 4 is 19.3 Å². The van der Waals surface area contributed by atoms with Crippen molar-refractivity contribution in [2.24, 2.45) is 9.98 Å². The standard InChI is InChI=1S/C6H8N2O/c1-6(4-9)3-8-5-7-2/h3-5H,2H2,1H3/b6-3+,8-5-. The van der Waals surface area contributed by atoms with Crippen LogP contribution in [0.1, 0.15) is 6.92 Å². The predicted octanol–water partition coefficient (Wildman–Crippen LogP) is 0.818. The van der Waals surface area contributed by atoms with Crippen LogP contribution >= 0.6 is 0 Å². The zero-order chi connectivity index (χ0) is 7.11. The summed E-state index contributed by atoms with van der Waals surface area (Å²) in [6.45, 7) is 4.83. The minimum atomic E-state index is 0.565. The van der Waals surface area contributed by atoms with E-state index >= 15 is 0 Å². The first kappa shape index (κ1) is 7.75. The van der Waals surface area contributed by atoms with Crippen LogP contribution in [0, 0.1) is 0 Å². The Morgan fingerprint density at radius 1 is 1.67 bits per heavy atom. The summed E-state index contributed by atoms with van der Waals surface area (Å²) in [5, 5.41) is 0. The third-order valence-electron chi connectivity index (χ3n) is 0.612. The Hall–Kier alpha value is -1.25. The maximum Gasteiger partial charge on any atom is 0.147 e. The van der Waals surface area contributed by atoms with Gasteiger partial charge in [0.2, 0.25) is 0 Å². The summed E-state index contributed by atoms with van der Waals surface area (Å²) < 4.78 is 0. The molecule has 0 rings (SSSR count). The molecular formula is C6H8N2O. The molecule has 0 radical (unpaired) electrons. The zero-order valence-electron chi connectivity index (χ0n) is 5.24. The summed E-state index contributed by atoms with van der Waals surface area (Å²) in [5.74, 6) is 0. The second-order valence-corrected chi connectivity index (χ2v) is 1.44. The first-order valence-corrected chi connectivity index (χ1v) is 2.40. The van der Waals surface area contributed by atoms with Crippen molar-refractivity contribution in [1.82, 2.24) is 0 Å². The van der Waals surface area contributed by atoms with Crippen LogP contribution in [-0.4, -0.2) is 19.3 Å². The van der Waals surface area contributed by atoms with Crippen LogP contribution in [0.15, 0.2) is 21.8 Å². The molecule has 0 heterocycles. The van der Waals surface area contributed by atoms with Crippen LogP contribution in [0.5, 0.6) is 0 Å². The number of carbonyl (C=O) groups excluding carboxylic acids is 1. The van der Waals surface area contributed by atoms with Crippen LogP contribution in [0.3, 0.4) is 0 Å².